The average molecular weight is 373 g/mol. The van der Waals surface area contributed by atoms with Crippen LogP contribution >= 0.6 is 0 Å². The first-order chi connectivity index (χ1) is 13.7. The monoisotopic (exact) mass is 373 g/mol. The average Bonchev–Trinajstić information content (AvgIpc) is 2.78. The number of amides is 1. The maximum Gasteiger partial charge on any atom is 0.255 e. The second-order valence-electron chi connectivity index (χ2n) is 6.55. The van der Waals surface area contributed by atoms with Gasteiger partial charge in [-0.1, -0.05) is 0 Å². The Bertz CT molecular complexity index is 1050. The predicted molar refractivity (Wildman–Crippen MR) is 105 cm³/mol. The van der Waals surface area contributed by atoms with Crippen molar-refractivity contribution in [3.05, 3.63) is 59.9 Å². The molecular formula is C21H19N5O2. The van der Waals surface area contributed by atoms with Gasteiger partial charge in [0.05, 0.1) is 23.8 Å². The van der Waals surface area contributed by atoms with E-state index in [4.69, 9.17) is 9.72 Å². The Morgan fingerprint density at radius 3 is 2.68 bits per heavy atom. The molecule has 1 aliphatic heterocycles. The lowest BCUT2D eigenvalue weighted by Gasteiger charge is -2.35. The van der Waals surface area contributed by atoms with Crippen LogP contribution in [0, 0.1) is 11.3 Å². The van der Waals surface area contributed by atoms with Crippen molar-refractivity contribution in [1.29, 1.82) is 5.26 Å². The van der Waals surface area contributed by atoms with E-state index >= 15 is 0 Å². The van der Waals surface area contributed by atoms with Crippen molar-refractivity contribution in [1.82, 2.24) is 14.9 Å². The van der Waals surface area contributed by atoms with E-state index < -0.39 is 0 Å². The summed E-state index contributed by atoms with van der Waals surface area (Å²) in [5, 5.41) is 10.5. The van der Waals surface area contributed by atoms with Crippen LogP contribution in [-0.2, 0) is 0 Å². The van der Waals surface area contributed by atoms with E-state index in [9.17, 15) is 10.1 Å². The lowest BCUT2D eigenvalue weighted by Crippen LogP contribution is -2.49. The molecule has 7 nitrogen and oxygen atoms in total. The van der Waals surface area contributed by atoms with Crippen molar-refractivity contribution < 1.29 is 9.53 Å². The number of hydrogen-bond donors (Lipinski definition) is 0. The maximum atomic E-state index is 12.6. The molecule has 140 valence electrons. The number of anilines is 1. The van der Waals surface area contributed by atoms with Crippen LogP contribution in [-0.4, -0.2) is 54.1 Å². The summed E-state index contributed by atoms with van der Waals surface area (Å²) in [6.45, 7) is 2.38. The van der Waals surface area contributed by atoms with Crippen LogP contribution in [0.25, 0.3) is 10.9 Å². The van der Waals surface area contributed by atoms with Crippen molar-refractivity contribution >= 4 is 22.6 Å². The molecular weight excluding hydrogens is 354 g/mol. The normalized spacial score (nSPS) is 14.0. The van der Waals surface area contributed by atoms with Gasteiger partial charge in [-0.15, -0.1) is 0 Å². The van der Waals surface area contributed by atoms with Crippen LogP contribution in [0.15, 0.2) is 48.8 Å². The first-order valence-electron chi connectivity index (χ1n) is 9.03. The SMILES string of the molecule is COc1ccc2nc(N3CCN(C(=O)c4cccnc4)CC3)c(C#N)cc2c1. The third-order valence-electron chi connectivity index (χ3n) is 4.90. The third kappa shape index (κ3) is 3.32. The number of methoxy groups -OCH3 is 1. The van der Waals surface area contributed by atoms with Crippen molar-refractivity contribution in [3.63, 3.8) is 0 Å². The van der Waals surface area contributed by atoms with E-state index in [0.717, 1.165) is 16.7 Å². The highest BCUT2D eigenvalue weighted by molar-refractivity contribution is 5.94. The summed E-state index contributed by atoms with van der Waals surface area (Å²) in [4.78, 5) is 25.2. The molecule has 1 amide bonds. The molecule has 2 aromatic heterocycles. The maximum absolute atomic E-state index is 12.6. The number of piperazine rings is 1. The van der Waals surface area contributed by atoms with Crippen molar-refractivity contribution in [2.75, 3.05) is 38.2 Å². The van der Waals surface area contributed by atoms with Gasteiger partial charge in [-0.3, -0.25) is 9.78 Å². The molecule has 0 spiro atoms. The Morgan fingerprint density at radius 2 is 2.00 bits per heavy atom. The number of hydrogen-bond acceptors (Lipinski definition) is 6. The number of aromatic nitrogens is 2. The first-order valence-corrected chi connectivity index (χ1v) is 9.03. The van der Waals surface area contributed by atoms with Gasteiger partial charge in [0.25, 0.3) is 5.91 Å². The molecule has 3 heterocycles. The van der Waals surface area contributed by atoms with Crippen LogP contribution < -0.4 is 9.64 Å². The van der Waals surface area contributed by atoms with E-state index in [1.54, 1.807) is 31.6 Å². The van der Waals surface area contributed by atoms with Crippen molar-refractivity contribution in [2.45, 2.75) is 0 Å². The number of carbonyl (C=O) groups excluding carboxylic acids is 1. The summed E-state index contributed by atoms with van der Waals surface area (Å²) >= 11 is 0. The smallest absolute Gasteiger partial charge is 0.255 e. The second kappa shape index (κ2) is 7.53. The highest BCUT2D eigenvalue weighted by Crippen LogP contribution is 2.27. The van der Waals surface area contributed by atoms with Crippen molar-refractivity contribution in [2.24, 2.45) is 0 Å². The Kier molecular flexibility index (Phi) is 4.77. The lowest BCUT2D eigenvalue weighted by atomic mass is 10.1. The Hall–Kier alpha value is -3.66. The Morgan fingerprint density at radius 1 is 1.18 bits per heavy atom. The number of pyridine rings is 2. The number of carbonyl (C=O) groups is 1. The summed E-state index contributed by atoms with van der Waals surface area (Å²) in [7, 11) is 1.61. The van der Waals surface area contributed by atoms with Gasteiger partial charge < -0.3 is 14.5 Å². The molecule has 0 N–H and O–H groups in total. The fourth-order valence-electron chi connectivity index (χ4n) is 3.39. The summed E-state index contributed by atoms with van der Waals surface area (Å²) in [5.41, 5.74) is 1.92. The zero-order valence-corrected chi connectivity index (χ0v) is 15.5. The molecule has 0 unspecified atom stereocenters. The molecule has 0 atom stereocenters. The van der Waals surface area contributed by atoms with Crippen LogP contribution in [0.2, 0.25) is 0 Å². The highest BCUT2D eigenvalue weighted by atomic mass is 16.5. The molecule has 28 heavy (non-hydrogen) atoms. The van der Waals surface area contributed by atoms with E-state index in [-0.39, 0.29) is 5.91 Å². The van der Waals surface area contributed by atoms with E-state index in [2.05, 4.69) is 16.0 Å². The minimum absolute atomic E-state index is 0.0215. The highest BCUT2D eigenvalue weighted by Gasteiger charge is 2.24. The molecule has 1 fully saturated rings. The summed E-state index contributed by atoms with van der Waals surface area (Å²) in [6, 6.07) is 13.2. The number of fused-ring (bicyclic) bond motifs is 1. The van der Waals surface area contributed by atoms with Gasteiger partial charge in [0, 0.05) is 44.0 Å². The summed E-state index contributed by atoms with van der Waals surface area (Å²) in [5.74, 6) is 1.37. The van der Waals surface area contributed by atoms with Crippen LogP contribution in [0.5, 0.6) is 5.75 Å². The number of rotatable bonds is 3. The molecule has 0 aliphatic carbocycles. The van der Waals surface area contributed by atoms with Gasteiger partial charge in [-0.25, -0.2) is 4.98 Å². The topological polar surface area (TPSA) is 82.3 Å². The molecule has 1 saturated heterocycles. The molecule has 1 aromatic carbocycles. The van der Waals surface area contributed by atoms with Gasteiger partial charge in [0.15, 0.2) is 0 Å². The molecule has 3 aromatic rings. The quantitative estimate of drug-likeness (QED) is 0.701. The standard InChI is InChI=1S/C21H19N5O2/c1-28-18-4-5-19-16(12-18)11-17(13-22)20(24-19)25-7-9-26(10-8-25)21(27)15-3-2-6-23-14-15/h2-6,11-12,14H,7-10H2,1H3. The van der Waals surface area contributed by atoms with Gasteiger partial charge >= 0.3 is 0 Å². The number of nitrogens with zero attached hydrogens (tertiary/aromatic N) is 5. The molecule has 0 bridgehead atoms. The van der Waals surface area contributed by atoms with Gasteiger partial charge in [0.2, 0.25) is 0 Å². The van der Waals surface area contributed by atoms with Gasteiger partial charge in [-0.2, -0.15) is 5.26 Å². The second-order valence-corrected chi connectivity index (χ2v) is 6.55. The minimum Gasteiger partial charge on any atom is -0.497 e. The van der Waals surface area contributed by atoms with E-state index in [0.29, 0.717) is 43.1 Å². The zero-order chi connectivity index (χ0) is 19.5. The molecule has 7 heteroatoms. The third-order valence-corrected chi connectivity index (χ3v) is 4.90. The molecule has 0 radical (unpaired) electrons. The Labute approximate surface area is 162 Å². The first kappa shape index (κ1) is 17.7. The fraction of sp³-hybridized carbons (Fsp3) is 0.238. The summed E-state index contributed by atoms with van der Waals surface area (Å²) < 4.78 is 5.25. The zero-order valence-electron chi connectivity index (χ0n) is 15.5. The largest absolute Gasteiger partial charge is 0.497 e. The Balaban J connectivity index is 1.55. The van der Waals surface area contributed by atoms with Crippen LogP contribution in [0.4, 0.5) is 5.82 Å². The van der Waals surface area contributed by atoms with E-state index in [1.807, 2.05) is 29.2 Å². The van der Waals surface area contributed by atoms with Gasteiger partial charge in [-0.05, 0) is 36.4 Å². The molecule has 4 rings (SSSR count). The van der Waals surface area contributed by atoms with Crippen LogP contribution in [0.1, 0.15) is 15.9 Å². The number of nitriles is 1. The lowest BCUT2D eigenvalue weighted by molar-refractivity contribution is 0.0746. The number of benzene rings is 1. The number of ether oxygens (including phenoxy) is 1. The minimum atomic E-state index is -0.0215. The van der Waals surface area contributed by atoms with Crippen LogP contribution in [0.3, 0.4) is 0 Å². The molecule has 1 aliphatic rings. The van der Waals surface area contributed by atoms with Crippen molar-refractivity contribution in [3.8, 4) is 11.8 Å². The fourth-order valence-corrected chi connectivity index (χ4v) is 3.39. The van der Waals surface area contributed by atoms with E-state index in [1.165, 1.54) is 0 Å². The molecule has 0 saturated carbocycles. The summed E-state index contributed by atoms with van der Waals surface area (Å²) in [6.07, 6.45) is 3.24. The van der Waals surface area contributed by atoms with Gasteiger partial charge in [0.1, 0.15) is 17.6 Å². The predicted octanol–water partition coefficient (Wildman–Crippen LogP) is 2.47.